The molecular formula is C12H16FNO. The number of nitrogens with one attached hydrogen (secondary N) is 1. The first-order valence-corrected chi connectivity index (χ1v) is 5.22. The molecule has 0 amide bonds. The summed E-state index contributed by atoms with van der Waals surface area (Å²) in [4.78, 5) is 0. The highest BCUT2D eigenvalue weighted by Gasteiger charge is 2.32. The van der Waals surface area contributed by atoms with E-state index in [2.05, 4.69) is 12.2 Å². The Hall–Kier alpha value is -0.930. The van der Waals surface area contributed by atoms with Crippen LogP contribution < -0.4 is 5.32 Å². The molecule has 1 aliphatic heterocycles. The van der Waals surface area contributed by atoms with Gasteiger partial charge in [0.25, 0.3) is 0 Å². The van der Waals surface area contributed by atoms with Crippen LogP contribution in [0, 0.1) is 11.2 Å². The fourth-order valence-electron chi connectivity index (χ4n) is 1.69. The normalized spacial score (nSPS) is 18.5. The van der Waals surface area contributed by atoms with Gasteiger partial charge in [-0.25, -0.2) is 4.39 Å². The Balaban J connectivity index is 1.81. The zero-order chi connectivity index (χ0) is 10.7. The number of rotatable bonds is 4. The van der Waals surface area contributed by atoms with E-state index in [4.69, 9.17) is 4.74 Å². The first-order chi connectivity index (χ1) is 7.20. The van der Waals surface area contributed by atoms with Gasteiger partial charge in [0.15, 0.2) is 0 Å². The van der Waals surface area contributed by atoms with Crippen molar-refractivity contribution in [2.45, 2.75) is 13.5 Å². The lowest BCUT2D eigenvalue weighted by molar-refractivity contribution is -0.0991. The third-order valence-corrected chi connectivity index (χ3v) is 2.73. The summed E-state index contributed by atoms with van der Waals surface area (Å²) in [6.45, 7) is 5.24. The van der Waals surface area contributed by atoms with Gasteiger partial charge in [-0.3, -0.25) is 0 Å². The summed E-state index contributed by atoms with van der Waals surface area (Å²) >= 11 is 0. The van der Waals surface area contributed by atoms with Gasteiger partial charge in [-0.05, 0) is 6.07 Å². The molecule has 0 radical (unpaired) electrons. The van der Waals surface area contributed by atoms with Crippen LogP contribution in [0.1, 0.15) is 12.5 Å². The second kappa shape index (κ2) is 4.29. The average Bonchev–Trinajstić information content (AvgIpc) is 2.18. The van der Waals surface area contributed by atoms with Gasteiger partial charge in [-0.15, -0.1) is 0 Å². The maximum atomic E-state index is 13.2. The Labute approximate surface area is 89.4 Å². The number of hydrogen-bond acceptors (Lipinski definition) is 2. The molecule has 2 nitrogen and oxygen atoms in total. The molecule has 1 aromatic rings. The molecule has 15 heavy (non-hydrogen) atoms. The quantitative estimate of drug-likeness (QED) is 0.818. The van der Waals surface area contributed by atoms with E-state index in [-0.39, 0.29) is 11.2 Å². The number of ether oxygens (including phenoxy) is 1. The lowest BCUT2D eigenvalue weighted by atomic mass is 9.89. The van der Waals surface area contributed by atoms with Crippen molar-refractivity contribution in [3.05, 3.63) is 35.6 Å². The monoisotopic (exact) mass is 209 g/mol. The van der Waals surface area contributed by atoms with E-state index in [9.17, 15) is 4.39 Å². The summed E-state index contributed by atoms with van der Waals surface area (Å²) in [6.07, 6.45) is 0. The van der Waals surface area contributed by atoms with Crippen LogP contribution in [0.15, 0.2) is 24.3 Å². The van der Waals surface area contributed by atoms with Gasteiger partial charge in [0.05, 0.1) is 13.2 Å². The number of halogens is 1. The predicted octanol–water partition coefficient (Wildman–Crippen LogP) is 1.95. The van der Waals surface area contributed by atoms with Gasteiger partial charge in [0, 0.05) is 24.1 Å². The van der Waals surface area contributed by atoms with Gasteiger partial charge in [-0.1, -0.05) is 25.1 Å². The minimum Gasteiger partial charge on any atom is -0.380 e. The maximum Gasteiger partial charge on any atom is 0.127 e. The van der Waals surface area contributed by atoms with Crippen molar-refractivity contribution in [1.82, 2.24) is 5.32 Å². The van der Waals surface area contributed by atoms with Gasteiger partial charge >= 0.3 is 0 Å². The van der Waals surface area contributed by atoms with Crippen LogP contribution in [0.3, 0.4) is 0 Å². The maximum absolute atomic E-state index is 13.2. The Bertz CT molecular complexity index is 336. The third-order valence-electron chi connectivity index (χ3n) is 2.73. The molecule has 0 aromatic heterocycles. The van der Waals surface area contributed by atoms with Gasteiger partial charge in [0.2, 0.25) is 0 Å². The summed E-state index contributed by atoms with van der Waals surface area (Å²) < 4.78 is 18.4. The highest BCUT2D eigenvalue weighted by atomic mass is 19.1. The van der Waals surface area contributed by atoms with Crippen LogP contribution >= 0.6 is 0 Å². The molecule has 0 aliphatic carbocycles. The smallest absolute Gasteiger partial charge is 0.127 e. The van der Waals surface area contributed by atoms with Crippen LogP contribution in [-0.2, 0) is 11.3 Å². The molecule has 1 N–H and O–H groups in total. The van der Waals surface area contributed by atoms with Crippen molar-refractivity contribution in [2.75, 3.05) is 19.8 Å². The Kier molecular flexibility index (Phi) is 3.03. The first-order valence-electron chi connectivity index (χ1n) is 5.22. The van der Waals surface area contributed by atoms with E-state index in [0.717, 1.165) is 25.3 Å². The second-order valence-electron chi connectivity index (χ2n) is 4.50. The van der Waals surface area contributed by atoms with Crippen molar-refractivity contribution >= 4 is 0 Å². The zero-order valence-corrected chi connectivity index (χ0v) is 8.92. The predicted molar refractivity (Wildman–Crippen MR) is 57.0 cm³/mol. The Morgan fingerprint density at radius 2 is 2.13 bits per heavy atom. The van der Waals surface area contributed by atoms with Crippen LogP contribution in [0.2, 0.25) is 0 Å². The highest BCUT2D eigenvalue weighted by molar-refractivity contribution is 5.16. The SMILES string of the molecule is CC1(CNCc2ccccc2F)COC1. The topological polar surface area (TPSA) is 21.3 Å². The molecule has 1 heterocycles. The van der Waals surface area contributed by atoms with Crippen LogP contribution in [0.25, 0.3) is 0 Å². The molecule has 0 atom stereocenters. The molecule has 1 aromatic carbocycles. The minimum atomic E-state index is -0.139. The van der Waals surface area contributed by atoms with Crippen molar-refractivity contribution in [3.63, 3.8) is 0 Å². The molecule has 1 fully saturated rings. The van der Waals surface area contributed by atoms with E-state index in [0.29, 0.717) is 6.54 Å². The molecule has 3 heteroatoms. The molecule has 1 saturated heterocycles. The Morgan fingerprint density at radius 3 is 2.73 bits per heavy atom. The fraction of sp³-hybridized carbons (Fsp3) is 0.500. The van der Waals surface area contributed by atoms with E-state index in [1.165, 1.54) is 6.07 Å². The summed E-state index contributed by atoms with van der Waals surface area (Å²) in [7, 11) is 0. The van der Waals surface area contributed by atoms with Crippen molar-refractivity contribution in [2.24, 2.45) is 5.41 Å². The van der Waals surface area contributed by atoms with Crippen LogP contribution in [0.4, 0.5) is 4.39 Å². The zero-order valence-electron chi connectivity index (χ0n) is 8.92. The lowest BCUT2D eigenvalue weighted by Gasteiger charge is -2.38. The fourth-order valence-corrected chi connectivity index (χ4v) is 1.69. The van der Waals surface area contributed by atoms with Gasteiger partial charge < -0.3 is 10.1 Å². The second-order valence-corrected chi connectivity index (χ2v) is 4.50. The average molecular weight is 209 g/mol. The molecule has 0 spiro atoms. The summed E-state index contributed by atoms with van der Waals surface area (Å²) in [6, 6.07) is 6.86. The van der Waals surface area contributed by atoms with Crippen molar-refractivity contribution in [3.8, 4) is 0 Å². The van der Waals surface area contributed by atoms with Crippen LogP contribution in [0.5, 0.6) is 0 Å². The molecule has 1 aliphatic rings. The standard InChI is InChI=1S/C12H16FNO/c1-12(8-15-9-12)7-14-6-10-4-2-3-5-11(10)13/h2-5,14H,6-9H2,1H3. The minimum absolute atomic E-state index is 0.139. The van der Waals surface area contributed by atoms with E-state index >= 15 is 0 Å². The molecule has 82 valence electrons. The largest absolute Gasteiger partial charge is 0.380 e. The molecule has 0 bridgehead atoms. The molecule has 2 rings (SSSR count). The summed E-state index contributed by atoms with van der Waals surface area (Å²) in [5, 5.41) is 3.26. The van der Waals surface area contributed by atoms with E-state index < -0.39 is 0 Å². The van der Waals surface area contributed by atoms with E-state index in [1.54, 1.807) is 6.07 Å². The van der Waals surface area contributed by atoms with E-state index in [1.807, 2.05) is 12.1 Å². The van der Waals surface area contributed by atoms with Gasteiger partial charge in [0.1, 0.15) is 5.82 Å². The number of hydrogen-bond donors (Lipinski definition) is 1. The third kappa shape index (κ3) is 2.55. The molecule has 0 saturated carbocycles. The van der Waals surface area contributed by atoms with Crippen molar-refractivity contribution < 1.29 is 9.13 Å². The van der Waals surface area contributed by atoms with Crippen molar-refractivity contribution in [1.29, 1.82) is 0 Å². The van der Waals surface area contributed by atoms with Gasteiger partial charge in [-0.2, -0.15) is 0 Å². The highest BCUT2D eigenvalue weighted by Crippen LogP contribution is 2.25. The number of benzene rings is 1. The van der Waals surface area contributed by atoms with Crippen LogP contribution in [-0.4, -0.2) is 19.8 Å². The first kappa shape index (κ1) is 10.6. The Morgan fingerprint density at radius 1 is 1.40 bits per heavy atom. The summed E-state index contributed by atoms with van der Waals surface area (Å²) in [5.74, 6) is -0.139. The molecular weight excluding hydrogens is 193 g/mol. The molecule has 0 unspecified atom stereocenters. The summed E-state index contributed by atoms with van der Waals surface area (Å²) in [5.41, 5.74) is 0.965. The lowest BCUT2D eigenvalue weighted by Crippen LogP contribution is -2.47.